The number of halogens is 1. The van der Waals surface area contributed by atoms with Crippen LogP contribution in [-0.2, 0) is 0 Å². The van der Waals surface area contributed by atoms with E-state index in [0.29, 0.717) is 5.82 Å². The van der Waals surface area contributed by atoms with Crippen molar-refractivity contribution >= 4 is 27.7 Å². The number of aryl methyl sites for hydroxylation is 2. The van der Waals surface area contributed by atoms with Gasteiger partial charge < -0.3 is 5.32 Å². The van der Waals surface area contributed by atoms with Crippen LogP contribution in [0.15, 0.2) is 28.9 Å². The fourth-order valence-corrected chi connectivity index (χ4v) is 2.54. The number of rotatable bonds is 2. The summed E-state index contributed by atoms with van der Waals surface area (Å²) in [5, 5.41) is 2.86. The van der Waals surface area contributed by atoms with E-state index in [1.54, 1.807) is 12.3 Å². The molecule has 0 spiro atoms. The molecule has 2 rings (SSSR count). The summed E-state index contributed by atoms with van der Waals surface area (Å²) in [6.07, 6.45) is 1.65. The van der Waals surface area contributed by atoms with Crippen molar-refractivity contribution in [3.63, 3.8) is 0 Å². The maximum Gasteiger partial charge on any atom is 0.257 e. The number of carbonyl (C=O) groups excluding carboxylic acids is 1. The second-order valence-corrected chi connectivity index (χ2v) is 5.86. The third kappa shape index (κ3) is 2.90. The number of benzene rings is 1. The Balaban J connectivity index is 2.39. The molecule has 0 aliphatic carbocycles. The van der Waals surface area contributed by atoms with Gasteiger partial charge in [-0.05, 0) is 62.1 Å². The summed E-state index contributed by atoms with van der Waals surface area (Å²) >= 11 is 3.37. The molecule has 3 nitrogen and oxygen atoms in total. The minimum atomic E-state index is -0.114. The fraction of sp³-hybridized carbons (Fsp3) is 0.250. The van der Waals surface area contributed by atoms with Gasteiger partial charge in [0.2, 0.25) is 0 Å². The van der Waals surface area contributed by atoms with Gasteiger partial charge in [-0.25, -0.2) is 4.98 Å². The number of pyridine rings is 1. The summed E-state index contributed by atoms with van der Waals surface area (Å²) in [6.45, 7) is 8.00. The van der Waals surface area contributed by atoms with E-state index in [0.717, 1.165) is 32.3 Å². The summed E-state index contributed by atoms with van der Waals surface area (Å²) in [5.41, 5.74) is 5.02. The smallest absolute Gasteiger partial charge is 0.257 e. The van der Waals surface area contributed by atoms with E-state index in [1.165, 1.54) is 0 Å². The van der Waals surface area contributed by atoms with Gasteiger partial charge in [-0.1, -0.05) is 22.0 Å². The highest BCUT2D eigenvalue weighted by Crippen LogP contribution is 2.23. The molecule has 20 heavy (non-hydrogen) atoms. The van der Waals surface area contributed by atoms with E-state index in [4.69, 9.17) is 0 Å². The SMILES string of the molecule is Cc1cc(C)c(C)c(C(=O)Nc2cc(Br)ccn2)c1C. The molecular formula is C16H17BrN2O. The molecule has 1 aromatic carbocycles. The lowest BCUT2D eigenvalue weighted by atomic mass is 9.94. The lowest BCUT2D eigenvalue weighted by Crippen LogP contribution is -2.17. The Labute approximate surface area is 127 Å². The minimum Gasteiger partial charge on any atom is -0.307 e. The first kappa shape index (κ1) is 14.7. The predicted octanol–water partition coefficient (Wildman–Crippen LogP) is 4.33. The zero-order valence-corrected chi connectivity index (χ0v) is 13.6. The summed E-state index contributed by atoms with van der Waals surface area (Å²) in [7, 11) is 0. The molecule has 1 amide bonds. The van der Waals surface area contributed by atoms with E-state index in [2.05, 4.69) is 32.3 Å². The quantitative estimate of drug-likeness (QED) is 0.889. The highest BCUT2D eigenvalue weighted by Gasteiger charge is 2.16. The van der Waals surface area contributed by atoms with Gasteiger partial charge in [0, 0.05) is 16.2 Å². The van der Waals surface area contributed by atoms with Crippen LogP contribution in [0, 0.1) is 27.7 Å². The highest BCUT2D eigenvalue weighted by molar-refractivity contribution is 9.10. The van der Waals surface area contributed by atoms with Gasteiger partial charge in [0.15, 0.2) is 0 Å². The number of aromatic nitrogens is 1. The van der Waals surface area contributed by atoms with Crippen molar-refractivity contribution in [3.8, 4) is 0 Å². The monoisotopic (exact) mass is 332 g/mol. The minimum absolute atomic E-state index is 0.114. The third-order valence-electron chi connectivity index (χ3n) is 3.56. The third-order valence-corrected chi connectivity index (χ3v) is 4.05. The molecular weight excluding hydrogens is 316 g/mol. The van der Waals surface area contributed by atoms with Crippen LogP contribution in [-0.4, -0.2) is 10.9 Å². The van der Waals surface area contributed by atoms with Crippen molar-refractivity contribution in [3.05, 3.63) is 56.7 Å². The van der Waals surface area contributed by atoms with Crippen LogP contribution in [0.4, 0.5) is 5.82 Å². The Hall–Kier alpha value is -1.68. The first-order valence-electron chi connectivity index (χ1n) is 6.40. The van der Waals surface area contributed by atoms with Crippen molar-refractivity contribution in [2.24, 2.45) is 0 Å². The van der Waals surface area contributed by atoms with E-state index >= 15 is 0 Å². The molecule has 0 aliphatic heterocycles. The number of hydrogen-bond donors (Lipinski definition) is 1. The van der Waals surface area contributed by atoms with Gasteiger partial charge in [-0.2, -0.15) is 0 Å². The number of anilines is 1. The van der Waals surface area contributed by atoms with Gasteiger partial charge >= 0.3 is 0 Å². The Morgan fingerprint density at radius 3 is 2.25 bits per heavy atom. The Morgan fingerprint density at radius 1 is 1.10 bits per heavy atom. The first-order chi connectivity index (χ1) is 9.40. The molecule has 0 fully saturated rings. The number of hydrogen-bond acceptors (Lipinski definition) is 2. The van der Waals surface area contributed by atoms with Crippen LogP contribution in [0.2, 0.25) is 0 Å². The number of nitrogens with zero attached hydrogens (tertiary/aromatic N) is 1. The molecule has 104 valence electrons. The van der Waals surface area contributed by atoms with Crippen LogP contribution < -0.4 is 5.32 Å². The lowest BCUT2D eigenvalue weighted by molar-refractivity contribution is 0.102. The molecule has 4 heteroatoms. The van der Waals surface area contributed by atoms with Crippen molar-refractivity contribution < 1.29 is 4.79 Å². The van der Waals surface area contributed by atoms with Crippen LogP contribution in [0.25, 0.3) is 0 Å². The van der Waals surface area contributed by atoms with Gasteiger partial charge in [-0.15, -0.1) is 0 Å². The van der Waals surface area contributed by atoms with Gasteiger partial charge in [0.1, 0.15) is 5.82 Å². The van der Waals surface area contributed by atoms with Crippen LogP contribution in [0.3, 0.4) is 0 Å². The van der Waals surface area contributed by atoms with Crippen molar-refractivity contribution in [1.29, 1.82) is 0 Å². The number of nitrogens with one attached hydrogen (secondary N) is 1. The number of amides is 1. The van der Waals surface area contributed by atoms with Crippen LogP contribution >= 0.6 is 15.9 Å². The molecule has 0 unspecified atom stereocenters. The maximum absolute atomic E-state index is 12.5. The molecule has 2 aromatic rings. The van der Waals surface area contributed by atoms with E-state index < -0.39 is 0 Å². The fourth-order valence-electron chi connectivity index (χ4n) is 2.21. The van der Waals surface area contributed by atoms with Crippen molar-refractivity contribution in [2.45, 2.75) is 27.7 Å². The lowest BCUT2D eigenvalue weighted by Gasteiger charge is -2.14. The molecule has 0 saturated carbocycles. The average Bonchev–Trinajstić information content (AvgIpc) is 2.36. The molecule has 0 saturated heterocycles. The molecule has 1 N–H and O–H groups in total. The highest BCUT2D eigenvalue weighted by atomic mass is 79.9. The largest absolute Gasteiger partial charge is 0.307 e. The summed E-state index contributed by atoms with van der Waals surface area (Å²) in [5.74, 6) is 0.430. The summed E-state index contributed by atoms with van der Waals surface area (Å²) in [4.78, 5) is 16.7. The topological polar surface area (TPSA) is 42.0 Å². The van der Waals surface area contributed by atoms with Crippen LogP contribution in [0.1, 0.15) is 32.6 Å². The summed E-state index contributed by atoms with van der Waals surface area (Å²) in [6, 6.07) is 5.72. The Kier molecular flexibility index (Phi) is 4.23. The van der Waals surface area contributed by atoms with Crippen LogP contribution in [0.5, 0.6) is 0 Å². The Morgan fingerprint density at radius 2 is 1.70 bits per heavy atom. The first-order valence-corrected chi connectivity index (χ1v) is 7.19. The number of carbonyl (C=O) groups is 1. The normalized spacial score (nSPS) is 10.4. The predicted molar refractivity (Wildman–Crippen MR) is 85.3 cm³/mol. The molecule has 0 atom stereocenters. The second-order valence-electron chi connectivity index (χ2n) is 4.95. The molecule has 0 bridgehead atoms. The standard InChI is InChI=1S/C16H17BrN2O/c1-9-7-10(2)12(4)15(11(9)3)16(20)19-14-8-13(17)5-6-18-14/h5-8H,1-4H3,(H,18,19,20). The zero-order chi connectivity index (χ0) is 14.9. The summed E-state index contributed by atoms with van der Waals surface area (Å²) < 4.78 is 0.886. The molecule has 0 radical (unpaired) electrons. The van der Waals surface area contributed by atoms with Crippen molar-refractivity contribution in [1.82, 2.24) is 4.98 Å². The van der Waals surface area contributed by atoms with Crippen molar-refractivity contribution in [2.75, 3.05) is 5.32 Å². The zero-order valence-electron chi connectivity index (χ0n) is 12.0. The van der Waals surface area contributed by atoms with Gasteiger partial charge in [0.05, 0.1) is 0 Å². The Bertz CT molecular complexity index is 654. The van der Waals surface area contributed by atoms with Gasteiger partial charge in [0.25, 0.3) is 5.91 Å². The van der Waals surface area contributed by atoms with E-state index in [9.17, 15) is 4.79 Å². The maximum atomic E-state index is 12.5. The molecule has 1 aromatic heterocycles. The second kappa shape index (κ2) is 5.75. The molecule has 1 heterocycles. The molecule has 0 aliphatic rings. The van der Waals surface area contributed by atoms with E-state index in [1.807, 2.05) is 33.8 Å². The van der Waals surface area contributed by atoms with Gasteiger partial charge in [-0.3, -0.25) is 4.79 Å². The van der Waals surface area contributed by atoms with E-state index in [-0.39, 0.29) is 5.91 Å². The average molecular weight is 333 g/mol.